The Bertz CT molecular complexity index is 666. The maximum Gasteiger partial charge on any atom is 0.0461 e. The van der Waals surface area contributed by atoms with Crippen molar-refractivity contribution in [2.24, 2.45) is 0 Å². The molecule has 0 aliphatic heterocycles. The van der Waals surface area contributed by atoms with E-state index in [-0.39, 0.29) is 7.43 Å². The van der Waals surface area contributed by atoms with Crippen molar-refractivity contribution in [3.05, 3.63) is 105 Å². The first-order valence-corrected chi connectivity index (χ1v) is 7.59. The zero-order valence-corrected chi connectivity index (χ0v) is 17.1. The molecule has 126 valence electrons. The maximum absolute atomic E-state index is 4.09. The molecule has 3 aromatic carbocycles. The summed E-state index contributed by atoms with van der Waals surface area (Å²) < 4.78 is 0. The summed E-state index contributed by atoms with van der Waals surface area (Å²) in [7, 11) is 0. The van der Waals surface area contributed by atoms with Gasteiger partial charge in [0.05, 0.1) is 0 Å². The van der Waals surface area contributed by atoms with Crippen molar-refractivity contribution in [2.75, 3.05) is 4.90 Å². The van der Waals surface area contributed by atoms with E-state index in [1.807, 2.05) is 12.1 Å². The Morgan fingerprint density at radius 3 is 1.42 bits per heavy atom. The van der Waals surface area contributed by atoms with Gasteiger partial charge in [-0.1, -0.05) is 61.0 Å². The molecule has 0 N–H and O–H groups in total. The van der Waals surface area contributed by atoms with Gasteiger partial charge in [0.15, 0.2) is 0 Å². The Labute approximate surface area is 140 Å². The quantitative estimate of drug-likeness (QED) is 0.335. The van der Waals surface area contributed by atoms with E-state index in [4.69, 9.17) is 0 Å². The number of hydrogen-bond donors (Lipinski definition) is 0. The van der Waals surface area contributed by atoms with E-state index < -0.39 is 0 Å². The normalized spacial score (nSPS) is 10.9. The van der Waals surface area contributed by atoms with Gasteiger partial charge in [0.25, 0.3) is 0 Å². The van der Waals surface area contributed by atoms with Crippen LogP contribution in [0.2, 0.25) is 0 Å². The fourth-order valence-electron chi connectivity index (χ4n) is 2.55. The van der Waals surface area contributed by atoms with Crippen molar-refractivity contribution in [1.29, 1.82) is 0 Å². The number of benzene rings is 3. The van der Waals surface area contributed by atoms with Crippen molar-refractivity contribution < 1.29 is 0 Å². The number of anilines is 3. The smallest absolute Gasteiger partial charge is 0.0461 e. The molecule has 3 aromatic rings. The average Bonchev–Trinajstić information content (AvgIpc) is 2.57. The van der Waals surface area contributed by atoms with Crippen LogP contribution in [-0.2, 0) is 0 Å². The molecule has 0 spiro atoms. The number of nitrogens with zero attached hydrogens (tertiary/aromatic N) is 1. The van der Waals surface area contributed by atoms with Crippen LogP contribution in [0, 0.1) is 14.4 Å². The minimum absolute atomic E-state index is 0. The van der Waals surface area contributed by atoms with E-state index in [2.05, 4.69) is 91.5 Å². The summed E-state index contributed by atoms with van der Waals surface area (Å²) in [4.78, 5) is 2.26. The first-order chi connectivity index (χ1) is 10.8. The molecule has 1 unspecified atom stereocenters. The van der Waals surface area contributed by atoms with Gasteiger partial charge in [-0.05, 0) is 36.4 Å². The van der Waals surface area contributed by atoms with Gasteiger partial charge in [0.2, 0.25) is 0 Å². The molecule has 1 atom stereocenters. The van der Waals surface area contributed by atoms with Gasteiger partial charge < -0.3 is 19.3 Å². The van der Waals surface area contributed by atoms with Crippen LogP contribution >= 0.6 is 0 Å². The average molecular weight is 548 g/mol. The molecule has 0 heterocycles. The summed E-state index contributed by atoms with van der Waals surface area (Å²) in [5.74, 6) is 0.302. The van der Waals surface area contributed by atoms with Crippen LogP contribution in [0.5, 0.6) is 0 Å². The first kappa shape index (κ1) is 18.5. The molecule has 0 saturated carbocycles. The third-order valence-electron chi connectivity index (χ3n) is 3.75. The Morgan fingerprint density at radius 1 is 0.667 bits per heavy atom. The van der Waals surface area contributed by atoms with Gasteiger partial charge in [-0.3, -0.25) is 0 Å². The van der Waals surface area contributed by atoms with Crippen LogP contribution in [0.1, 0.15) is 18.4 Å². The summed E-state index contributed by atoms with van der Waals surface area (Å²) in [5.41, 5.74) is 4.72. The van der Waals surface area contributed by atoms with Gasteiger partial charge in [-0.2, -0.15) is 0 Å². The zero-order chi connectivity index (χ0) is 15.4. The van der Waals surface area contributed by atoms with Gasteiger partial charge >= 0.3 is 0 Å². The van der Waals surface area contributed by atoms with Crippen LogP contribution in [0.15, 0.2) is 84.9 Å². The Hall–Kier alpha value is -3.54. The molecule has 0 amide bonds. The van der Waals surface area contributed by atoms with Crippen LogP contribution in [0.3, 0.4) is 0 Å². The fraction of sp³-hybridized carbons (Fsp3) is 0.0909. The molecule has 0 radical (unpaired) electrons. The molecule has 3 rings (SSSR count). The number of para-hydroxylation sites is 2. The minimum Gasteiger partial charge on any atom is -0.358 e. The third kappa shape index (κ3) is 3.80. The standard InChI is InChI=1S/C21H20N.CH3.Cm/c1-17(2)18-13-15-21(16-14-18)22(19-9-5-3-6-10-19)20-11-7-4-8-12-20;;/h3-17H,1H2,2H3;1H3;/q2*-1;. The van der Waals surface area contributed by atoms with Crippen molar-refractivity contribution in [3.8, 4) is 0 Å². The van der Waals surface area contributed by atoms with Crippen molar-refractivity contribution in [2.45, 2.75) is 12.8 Å². The molecule has 0 bridgehead atoms. The number of rotatable bonds is 4. The molecule has 0 saturated heterocycles. The van der Waals surface area contributed by atoms with Crippen LogP contribution < -0.4 is 4.90 Å². The summed E-state index contributed by atoms with van der Waals surface area (Å²) >= 11 is 0. The summed E-state index contributed by atoms with van der Waals surface area (Å²) in [6.07, 6.45) is 0. The topological polar surface area (TPSA) is 3.24 Å². The molecular formula is C22H23CmN-2. The molecule has 0 aliphatic carbocycles. The monoisotopic (exact) mass is 544 g/mol. The van der Waals surface area contributed by atoms with Crippen LogP contribution in [-0.4, -0.2) is 0 Å². The molecule has 0 aliphatic rings. The molecule has 1 nitrogen and oxygen atoms in total. The van der Waals surface area contributed by atoms with E-state index in [1.54, 1.807) is 0 Å². The van der Waals surface area contributed by atoms with E-state index in [1.165, 1.54) is 5.56 Å². The largest absolute Gasteiger partial charge is 0.358 e. The van der Waals surface area contributed by atoms with Crippen LogP contribution in [0.25, 0.3) is 0 Å². The third-order valence-corrected chi connectivity index (χ3v) is 3.75. The van der Waals surface area contributed by atoms with Gasteiger partial charge in [0.1, 0.15) is 0 Å². The fourth-order valence-corrected chi connectivity index (χ4v) is 2.55. The second-order valence-electron chi connectivity index (χ2n) is 5.50. The molecule has 0 aromatic heterocycles. The van der Waals surface area contributed by atoms with Crippen molar-refractivity contribution in [1.82, 2.24) is 0 Å². The predicted molar refractivity (Wildman–Crippen MR) is 101 cm³/mol. The second-order valence-corrected chi connectivity index (χ2v) is 5.50. The van der Waals surface area contributed by atoms with Gasteiger partial charge in [-0.25, -0.2) is 0 Å². The first-order valence-electron chi connectivity index (χ1n) is 7.59. The summed E-state index contributed by atoms with van der Waals surface area (Å²) in [6.45, 7) is 6.20. The Balaban J connectivity index is 0.00000144. The summed E-state index contributed by atoms with van der Waals surface area (Å²) in [6, 6.07) is 29.5. The molecule has 24 heavy (non-hydrogen) atoms. The van der Waals surface area contributed by atoms with E-state index in [0.29, 0.717) is 5.92 Å². The summed E-state index contributed by atoms with van der Waals surface area (Å²) in [5, 5.41) is 0. The zero-order valence-electron chi connectivity index (χ0n) is 14.2. The number of hydrogen-bond acceptors (Lipinski definition) is 1. The molecule has 0 fully saturated rings. The molecule has 2 heteroatoms. The van der Waals surface area contributed by atoms with E-state index in [0.717, 1.165) is 17.1 Å². The SMILES string of the molecule is [CH2-]C(C)c1ccc(N(c2ccccc2)c2ccccc2)cc1.[CH3-].[Cm]. The molecular weight excluding hydrogens is 525 g/mol. The maximum atomic E-state index is 4.09. The van der Waals surface area contributed by atoms with Gasteiger partial charge in [0, 0.05) is 17.1 Å². The predicted octanol–water partition coefficient (Wildman–Crippen LogP) is 6.54. The van der Waals surface area contributed by atoms with Gasteiger partial charge in [-0.15, -0.1) is 5.92 Å². The Kier molecular flexibility index (Phi) is 6.31. The van der Waals surface area contributed by atoms with Crippen molar-refractivity contribution >= 4 is 17.1 Å². The Morgan fingerprint density at radius 2 is 1.04 bits per heavy atom. The van der Waals surface area contributed by atoms with Crippen LogP contribution in [0.4, 0.5) is 17.1 Å². The van der Waals surface area contributed by atoms with E-state index >= 15 is 0 Å². The second kappa shape index (κ2) is 8.19. The van der Waals surface area contributed by atoms with E-state index in [9.17, 15) is 0 Å². The minimum atomic E-state index is 0. The van der Waals surface area contributed by atoms with Crippen molar-refractivity contribution in [3.63, 3.8) is 0 Å².